The van der Waals surface area contributed by atoms with Crippen molar-refractivity contribution >= 4 is 34.5 Å². The number of carbonyl (C=O) groups is 2. The summed E-state index contributed by atoms with van der Waals surface area (Å²) < 4.78 is 2.15. The number of hydrogen-bond donors (Lipinski definition) is 2. The molecule has 1 aliphatic rings. The van der Waals surface area contributed by atoms with Crippen LogP contribution in [0.5, 0.6) is 0 Å². The Balaban J connectivity index is 1.35. The smallest absolute Gasteiger partial charge is 0.251 e. The maximum absolute atomic E-state index is 12.4. The Kier molecular flexibility index (Phi) is 7.30. The number of benzene rings is 2. The van der Waals surface area contributed by atoms with E-state index in [4.69, 9.17) is 0 Å². The lowest BCUT2D eigenvalue weighted by molar-refractivity contribution is -0.119. The molecule has 1 saturated carbocycles. The summed E-state index contributed by atoms with van der Waals surface area (Å²) >= 11 is 1.58. The van der Waals surface area contributed by atoms with Crippen molar-refractivity contribution in [2.75, 3.05) is 12.3 Å². The lowest BCUT2D eigenvalue weighted by atomic mass is 9.95. The molecular formula is C25H29N3O2S. The summed E-state index contributed by atoms with van der Waals surface area (Å²) in [5, 5.41) is 7.32. The molecule has 0 unspecified atom stereocenters. The zero-order valence-corrected chi connectivity index (χ0v) is 18.5. The van der Waals surface area contributed by atoms with E-state index in [2.05, 4.69) is 33.5 Å². The van der Waals surface area contributed by atoms with Crippen molar-refractivity contribution in [1.29, 1.82) is 0 Å². The lowest BCUT2D eigenvalue weighted by Crippen LogP contribution is -2.37. The predicted octanol–water partition coefficient (Wildman–Crippen LogP) is 4.61. The van der Waals surface area contributed by atoms with Gasteiger partial charge in [-0.2, -0.15) is 0 Å². The van der Waals surface area contributed by atoms with Gasteiger partial charge in [-0.3, -0.25) is 9.59 Å². The third-order valence-electron chi connectivity index (χ3n) is 5.76. The Morgan fingerprint density at radius 1 is 0.968 bits per heavy atom. The summed E-state index contributed by atoms with van der Waals surface area (Å²) in [4.78, 5) is 25.8. The monoisotopic (exact) mass is 435 g/mol. The summed E-state index contributed by atoms with van der Waals surface area (Å²) in [7, 11) is 0. The topological polar surface area (TPSA) is 63.1 Å². The molecule has 5 nitrogen and oxygen atoms in total. The second-order valence-corrected chi connectivity index (χ2v) is 9.03. The van der Waals surface area contributed by atoms with Gasteiger partial charge >= 0.3 is 0 Å². The van der Waals surface area contributed by atoms with Crippen LogP contribution in [-0.4, -0.2) is 34.7 Å². The molecule has 1 fully saturated rings. The number of para-hydroxylation sites is 1. The number of rotatable bonds is 8. The minimum atomic E-state index is -0.0638. The van der Waals surface area contributed by atoms with Crippen molar-refractivity contribution in [2.24, 2.45) is 0 Å². The third kappa shape index (κ3) is 5.70. The van der Waals surface area contributed by atoms with Crippen molar-refractivity contribution in [3.8, 4) is 0 Å². The van der Waals surface area contributed by atoms with Crippen LogP contribution in [0, 0.1) is 0 Å². The largest absolute Gasteiger partial charge is 0.353 e. The van der Waals surface area contributed by atoms with E-state index in [1.54, 1.807) is 11.8 Å². The van der Waals surface area contributed by atoms with E-state index < -0.39 is 0 Å². The van der Waals surface area contributed by atoms with Crippen LogP contribution in [0.4, 0.5) is 0 Å². The van der Waals surface area contributed by atoms with E-state index in [0.717, 1.165) is 28.6 Å². The zero-order chi connectivity index (χ0) is 21.5. The van der Waals surface area contributed by atoms with Crippen molar-refractivity contribution in [1.82, 2.24) is 15.2 Å². The fourth-order valence-corrected chi connectivity index (χ4v) is 5.05. The Morgan fingerprint density at radius 3 is 2.52 bits per heavy atom. The fraction of sp³-hybridized carbons (Fsp3) is 0.360. The number of thioether (sulfide) groups is 1. The van der Waals surface area contributed by atoms with Gasteiger partial charge in [-0.15, -0.1) is 11.8 Å². The minimum Gasteiger partial charge on any atom is -0.353 e. The first-order valence-corrected chi connectivity index (χ1v) is 12.0. The lowest BCUT2D eigenvalue weighted by Gasteiger charge is -2.22. The number of nitrogens with zero attached hydrogens (tertiary/aromatic N) is 1. The quantitative estimate of drug-likeness (QED) is 0.508. The number of carbonyl (C=O) groups excluding carboxylic acids is 2. The molecule has 2 aromatic carbocycles. The molecule has 0 spiro atoms. The SMILES string of the molecule is O=C(CSc1cn(CCNC(=O)c2ccccc2)c2ccccc12)NC1CCCCC1. The first-order chi connectivity index (χ1) is 15.2. The van der Waals surface area contributed by atoms with Gasteiger partial charge in [0.1, 0.15) is 0 Å². The Bertz CT molecular complexity index is 1030. The van der Waals surface area contributed by atoms with Gasteiger partial charge in [0.15, 0.2) is 0 Å². The second kappa shape index (κ2) is 10.5. The molecule has 1 aliphatic carbocycles. The number of fused-ring (bicyclic) bond motifs is 1. The second-order valence-electron chi connectivity index (χ2n) is 8.02. The van der Waals surface area contributed by atoms with Crippen LogP contribution in [0.15, 0.2) is 65.7 Å². The van der Waals surface area contributed by atoms with Crippen LogP contribution in [0.3, 0.4) is 0 Å². The average molecular weight is 436 g/mol. The van der Waals surface area contributed by atoms with Gasteiger partial charge < -0.3 is 15.2 Å². The first kappa shape index (κ1) is 21.5. The summed E-state index contributed by atoms with van der Waals surface area (Å²) in [6.45, 7) is 1.21. The molecule has 0 aliphatic heterocycles. The Hall–Kier alpha value is -2.73. The summed E-state index contributed by atoms with van der Waals surface area (Å²) in [5.41, 5.74) is 1.78. The van der Waals surface area contributed by atoms with E-state index in [-0.39, 0.29) is 11.8 Å². The number of hydrogen-bond acceptors (Lipinski definition) is 3. The highest BCUT2D eigenvalue weighted by molar-refractivity contribution is 8.00. The molecule has 2 amide bonds. The maximum atomic E-state index is 12.4. The van der Waals surface area contributed by atoms with Crippen LogP contribution in [0.2, 0.25) is 0 Å². The molecule has 31 heavy (non-hydrogen) atoms. The van der Waals surface area contributed by atoms with Crippen LogP contribution in [0.1, 0.15) is 42.5 Å². The molecule has 0 saturated heterocycles. The molecule has 0 bridgehead atoms. The van der Waals surface area contributed by atoms with E-state index >= 15 is 0 Å². The van der Waals surface area contributed by atoms with Crippen LogP contribution < -0.4 is 10.6 Å². The van der Waals surface area contributed by atoms with Gasteiger partial charge in [0.25, 0.3) is 5.91 Å². The molecule has 4 rings (SSSR count). The van der Waals surface area contributed by atoms with Gasteiger partial charge in [-0.05, 0) is 31.0 Å². The van der Waals surface area contributed by atoms with Gasteiger partial charge in [0, 0.05) is 46.7 Å². The minimum absolute atomic E-state index is 0.0638. The molecule has 1 heterocycles. The fourth-order valence-electron chi connectivity index (χ4n) is 4.15. The van der Waals surface area contributed by atoms with Crippen LogP contribution in [-0.2, 0) is 11.3 Å². The highest BCUT2D eigenvalue weighted by Crippen LogP contribution is 2.30. The summed E-state index contributed by atoms with van der Waals surface area (Å²) in [6, 6.07) is 17.8. The normalized spacial score (nSPS) is 14.5. The molecule has 0 atom stereocenters. The van der Waals surface area contributed by atoms with Gasteiger partial charge in [0.2, 0.25) is 5.91 Å². The maximum Gasteiger partial charge on any atom is 0.251 e. The van der Waals surface area contributed by atoms with Crippen LogP contribution >= 0.6 is 11.8 Å². The summed E-state index contributed by atoms with van der Waals surface area (Å²) in [5.74, 6) is 0.477. The molecule has 1 aromatic heterocycles. The number of nitrogens with one attached hydrogen (secondary N) is 2. The molecular weight excluding hydrogens is 406 g/mol. The van der Waals surface area contributed by atoms with Gasteiger partial charge in [0.05, 0.1) is 5.75 Å². The zero-order valence-electron chi connectivity index (χ0n) is 17.7. The van der Waals surface area contributed by atoms with E-state index in [1.165, 1.54) is 19.3 Å². The van der Waals surface area contributed by atoms with Gasteiger partial charge in [-0.1, -0.05) is 55.7 Å². The van der Waals surface area contributed by atoms with Crippen molar-refractivity contribution < 1.29 is 9.59 Å². The van der Waals surface area contributed by atoms with E-state index in [1.807, 2.05) is 42.5 Å². The van der Waals surface area contributed by atoms with E-state index in [0.29, 0.717) is 30.4 Å². The predicted molar refractivity (Wildman–Crippen MR) is 126 cm³/mol. The molecule has 0 radical (unpaired) electrons. The van der Waals surface area contributed by atoms with Gasteiger partial charge in [-0.25, -0.2) is 0 Å². The third-order valence-corrected chi connectivity index (χ3v) is 6.80. The highest BCUT2D eigenvalue weighted by Gasteiger charge is 2.16. The number of amides is 2. The molecule has 2 N–H and O–H groups in total. The van der Waals surface area contributed by atoms with Crippen LogP contribution in [0.25, 0.3) is 10.9 Å². The van der Waals surface area contributed by atoms with E-state index in [9.17, 15) is 9.59 Å². The first-order valence-electron chi connectivity index (χ1n) is 11.0. The van der Waals surface area contributed by atoms with Crippen molar-refractivity contribution in [3.05, 3.63) is 66.4 Å². The van der Waals surface area contributed by atoms with Crippen molar-refractivity contribution in [3.63, 3.8) is 0 Å². The number of aromatic nitrogens is 1. The average Bonchev–Trinajstić information content (AvgIpc) is 3.17. The Labute approximate surface area is 187 Å². The molecule has 6 heteroatoms. The molecule has 3 aromatic rings. The standard InChI is InChI=1S/C25H29N3O2S/c29-24(27-20-11-5-2-6-12-20)18-31-23-17-28(22-14-8-7-13-21(22)23)16-15-26-25(30)19-9-3-1-4-10-19/h1,3-4,7-10,13-14,17,20H,2,5-6,11-12,15-16,18H2,(H,26,30)(H,27,29). The Morgan fingerprint density at radius 2 is 1.71 bits per heavy atom. The highest BCUT2D eigenvalue weighted by atomic mass is 32.2. The van der Waals surface area contributed by atoms with Crippen molar-refractivity contribution in [2.45, 2.75) is 49.6 Å². The summed E-state index contributed by atoms with van der Waals surface area (Å²) in [6.07, 6.45) is 8.01. The molecule has 162 valence electrons.